The Morgan fingerprint density at radius 1 is 1.18 bits per heavy atom. The van der Waals surface area contributed by atoms with Crippen LogP contribution in [0.15, 0.2) is 24.3 Å². The van der Waals surface area contributed by atoms with E-state index in [2.05, 4.69) is 35.0 Å². The third-order valence-electron chi connectivity index (χ3n) is 6.57. The van der Waals surface area contributed by atoms with Gasteiger partial charge < -0.3 is 19.4 Å². The van der Waals surface area contributed by atoms with E-state index in [1.807, 2.05) is 11.0 Å². The highest BCUT2D eigenvalue weighted by Gasteiger charge is 2.27. The molecule has 1 aromatic carbocycles. The SMILES string of the molecule is COc1ccccc1CCN1CCC[C@H](CN(C)C2CCN(C(C)=O)CC2)C1. The van der Waals surface area contributed by atoms with E-state index >= 15 is 0 Å². The first-order chi connectivity index (χ1) is 13.6. The minimum Gasteiger partial charge on any atom is -0.496 e. The number of para-hydroxylation sites is 1. The Balaban J connectivity index is 1.44. The van der Waals surface area contributed by atoms with Crippen molar-refractivity contribution in [2.45, 2.75) is 45.1 Å². The van der Waals surface area contributed by atoms with Crippen molar-refractivity contribution in [2.24, 2.45) is 5.92 Å². The lowest BCUT2D eigenvalue weighted by Gasteiger charge is -2.40. The Labute approximate surface area is 170 Å². The molecule has 156 valence electrons. The molecule has 0 bridgehead atoms. The molecule has 0 aromatic heterocycles. The van der Waals surface area contributed by atoms with Crippen molar-refractivity contribution in [3.63, 3.8) is 0 Å². The summed E-state index contributed by atoms with van der Waals surface area (Å²) in [6.07, 6.45) is 5.91. The molecule has 1 amide bonds. The predicted molar refractivity (Wildman–Crippen MR) is 114 cm³/mol. The van der Waals surface area contributed by atoms with Crippen LogP contribution < -0.4 is 4.74 Å². The molecule has 0 spiro atoms. The molecular weight excluding hydrogens is 350 g/mol. The van der Waals surface area contributed by atoms with Gasteiger partial charge in [0.15, 0.2) is 0 Å². The van der Waals surface area contributed by atoms with E-state index < -0.39 is 0 Å². The second-order valence-electron chi connectivity index (χ2n) is 8.55. The molecule has 5 heteroatoms. The quantitative estimate of drug-likeness (QED) is 0.721. The molecule has 0 aliphatic carbocycles. The van der Waals surface area contributed by atoms with Crippen LogP contribution in [0.25, 0.3) is 0 Å². The highest BCUT2D eigenvalue weighted by Crippen LogP contribution is 2.23. The summed E-state index contributed by atoms with van der Waals surface area (Å²) in [6.45, 7) is 8.22. The van der Waals surface area contributed by atoms with Crippen molar-refractivity contribution < 1.29 is 9.53 Å². The number of amides is 1. The molecule has 28 heavy (non-hydrogen) atoms. The van der Waals surface area contributed by atoms with Crippen LogP contribution >= 0.6 is 0 Å². The smallest absolute Gasteiger partial charge is 0.219 e. The summed E-state index contributed by atoms with van der Waals surface area (Å²) in [6, 6.07) is 9.00. The van der Waals surface area contributed by atoms with Crippen LogP contribution in [0, 0.1) is 5.92 Å². The van der Waals surface area contributed by atoms with Gasteiger partial charge in [0.05, 0.1) is 7.11 Å². The maximum atomic E-state index is 11.5. The molecule has 0 saturated carbocycles. The zero-order valence-corrected chi connectivity index (χ0v) is 17.9. The van der Waals surface area contributed by atoms with Gasteiger partial charge in [-0.25, -0.2) is 0 Å². The molecule has 0 unspecified atom stereocenters. The third-order valence-corrected chi connectivity index (χ3v) is 6.57. The topological polar surface area (TPSA) is 36.0 Å². The molecule has 2 fully saturated rings. The molecule has 1 atom stereocenters. The number of methoxy groups -OCH3 is 1. The zero-order valence-electron chi connectivity index (χ0n) is 17.9. The van der Waals surface area contributed by atoms with Crippen molar-refractivity contribution in [3.05, 3.63) is 29.8 Å². The van der Waals surface area contributed by atoms with Crippen LogP contribution in [0.2, 0.25) is 0 Å². The molecular formula is C23H37N3O2. The Kier molecular flexibility index (Phi) is 7.74. The molecule has 0 radical (unpaired) electrons. The average molecular weight is 388 g/mol. The Hall–Kier alpha value is -1.59. The van der Waals surface area contributed by atoms with Crippen molar-refractivity contribution in [1.29, 1.82) is 0 Å². The zero-order chi connectivity index (χ0) is 19.9. The van der Waals surface area contributed by atoms with Gasteiger partial charge in [-0.3, -0.25) is 4.79 Å². The molecule has 5 nitrogen and oxygen atoms in total. The van der Waals surface area contributed by atoms with Gasteiger partial charge in [-0.05, 0) is 63.2 Å². The van der Waals surface area contributed by atoms with Gasteiger partial charge in [0.1, 0.15) is 5.75 Å². The number of piperidine rings is 2. The van der Waals surface area contributed by atoms with Gasteiger partial charge in [0.2, 0.25) is 5.91 Å². The summed E-state index contributed by atoms with van der Waals surface area (Å²) in [5, 5.41) is 0. The number of benzene rings is 1. The maximum absolute atomic E-state index is 11.5. The normalized spacial score (nSPS) is 21.9. The van der Waals surface area contributed by atoms with E-state index in [1.165, 1.54) is 38.0 Å². The van der Waals surface area contributed by atoms with E-state index in [4.69, 9.17) is 4.74 Å². The van der Waals surface area contributed by atoms with Gasteiger partial charge in [0, 0.05) is 45.7 Å². The largest absolute Gasteiger partial charge is 0.496 e. The summed E-state index contributed by atoms with van der Waals surface area (Å²) in [5.41, 5.74) is 1.31. The van der Waals surface area contributed by atoms with Crippen LogP contribution in [-0.4, -0.2) is 80.1 Å². The summed E-state index contributed by atoms with van der Waals surface area (Å²) < 4.78 is 5.50. The number of carbonyl (C=O) groups is 1. The fourth-order valence-corrected chi connectivity index (χ4v) is 4.87. The van der Waals surface area contributed by atoms with E-state index in [0.29, 0.717) is 6.04 Å². The van der Waals surface area contributed by atoms with Crippen LogP contribution in [0.5, 0.6) is 5.75 Å². The van der Waals surface area contributed by atoms with Gasteiger partial charge >= 0.3 is 0 Å². The minimum atomic E-state index is 0.221. The molecule has 2 aliphatic heterocycles. The Morgan fingerprint density at radius 2 is 1.93 bits per heavy atom. The first-order valence-electron chi connectivity index (χ1n) is 10.9. The molecule has 1 aromatic rings. The number of carbonyl (C=O) groups excluding carboxylic acids is 1. The van der Waals surface area contributed by atoms with Crippen molar-refractivity contribution in [3.8, 4) is 5.75 Å². The third kappa shape index (κ3) is 5.71. The van der Waals surface area contributed by atoms with Gasteiger partial charge in [-0.15, -0.1) is 0 Å². The van der Waals surface area contributed by atoms with Gasteiger partial charge in [-0.1, -0.05) is 18.2 Å². The summed E-state index contributed by atoms with van der Waals surface area (Å²) in [7, 11) is 4.04. The lowest BCUT2D eigenvalue weighted by atomic mass is 9.95. The lowest BCUT2D eigenvalue weighted by molar-refractivity contribution is -0.130. The highest BCUT2D eigenvalue weighted by atomic mass is 16.5. The van der Waals surface area contributed by atoms with E-state index in [9.17, 15) is 4.79 Å². The Morgan fingerprint density at radius 3 is 2.64 bits per heavy atom. The fraction of sp³-hybridized carbons (Fsp3) is 0.696. The van der Waals surface area contributed by atoms with E-state index in [0.717, 1.165) is 50.6 Å². The molecule has 2 aliphatic rings. The number of hydrogen-bond acceptors (Lipinski definition) is 4. The monoisotopic (exact) mass is 387 g/mol. The number of rotatable bonds is 7. The van der Waals surface area contributed by atoms with Crippen molar-refractivity contribution in [1.82, 2.24) is 14.7 Å². The molecule has 3 rings (SSSR count). The number of ether oxygens (including phenoxy) is 1. The number of hydrogen-bond donors (Lipinski definition) is 0. The first kappa shape index (κ1) is 21.1. The minimum absolute atomic E-state index is 0.221. The molecule has 2 saturated heterocycles. The lowest BCUT2D eigenvalue weighted by Crippen LogP contribution is -2.48. The number of likely N-dealkylation sites (tertiary alicyclic amines) is 2. The van der Waals surface area contributed by atoms with Gasteiger partial charge in [-0.2, -0.15) is 0 Å². The van der Waals surface area contributed by atoms with Gasteiger partial charge in [0.25, 0.3) is 0 Å². The molecule has 2 heterocycles. The van der Waals surface area contributed by atoms with Crippen LogP contribution in [0.1, 0.15) is 38.2 Å². The van der Waals surface area contributed by atoms with Crippen LogP contribution in [-0.2, 0) is 11.2 Å². The van der Waals surface area contributed by atoms with Crippen LogP contribution in [0.4, 0.5) is 0 Å². The van der Waals surface area contributed by atoms with Crippen molar-refractivity contribution in [2.75, 3.05) is 53.4 Å². The maximum Gasteiger partial charge on any atom is 0.219 e. The summed E-state index contributed by atoms with van der Waals surface area (Å²) in [4.78, 5) is 18.7. The summed E-state index contributed by atoms with van der Waals surface area (Å²) >= 11 is 0. The number of nitrogens with zero attached hydrogens (tertiary/aromatic N) is 3. The van der Waals surface area contributed by atoms with Crippen LogP contribution in [0.3, 0.4) is 0 Å². The predicted octanol–water partition coefficient (Wildman–Crippen LogP) is 2.89. The van der Waals surface area contributed by atoms with E-state index in [1.54, 1.807) is 14.0 Å². The first-order valence-corrected chi connectivity index (χ1v) is 10.9. The highest BCUT2D eigenvalue weighted by molar-refractivity contribution is 5.73. The van der Waals surface area contributed by atoms with Crippen molar-refractivity contribution >= 4 is 5.91 Å². The second-order valence-corrected chi connectivity index (χ2v) is 8.55. The second kappa shape index (κ2) is 10.3. The van der Waals surface area contributed by atoms with E-state index in [-0.39, 0.29) is 5.91 Å². The standard InChI is InChI=1S/C23H37N3O2/c1-19(27)26-15-11-22(12-16-26)24(2)17-20-7-6-13-25(18-20)14-10-21-8-4-5-9-23(21)28-3/h4-5,8-9,20,22H,6-7,10-18H2,1-3H3/t20-/m1/s1. The Bertz CT molecular complexity index is 628. The fourth-order valence-electron chi connectivity index (χ4n) is 4.87. The summed E-state index contributed by atoms with van der Waals surface area (Å²) in [5.74, 6) is 1.98. The molecule has 0 N–H and O–H groups in total. The average Bonchev–Trinajstić information content (AvgIpc) is 2.72.